The van der Waals surface area contributed by atoms with Gasteiger partial charge in [-0.1, -0.05) is 0 Å². The Bertz CT molecular complexity index is 644. The van der Waals surface area contributed by atoms with Crippen LogP contribution < -0.4 is 10.6 Å². The van der Waals surface area contributed by atoms with Gasteiger partial charge in [-0.05, 0) is 47.5 Å². The van der Waals surface area contributed by atoms with E-state index in [1.165, 1.54) is 13.2 Å². The van der Waals surface area contributed by atoms with Gasteiger partial charge < -0.3 is 25.6 Å². The van der Waals surface area contributed by atoms with Gasteiger partial charge >= 0.3 is 18.0 Å². The molecule has 0 radical (unpaired) electrons. The quantitative estimate of drug-likeness (QED) is 0.566. The zero-order valence-corrected chi connectivity index (χ0v) is 14.4. The molecule has 4 N–H and O–H groups in total. The number of urea groups is 1. The summed E-state index contributed by atoms with van der Waals surface area (Å²) < 4.78 is 5.16. The molecule has 0 spiro atoms. The maximum Gasteiger partial charge on any atom is 0.339 e. The van der Waals surface area contributed by atoms with Crippen molar-refractivity contribution in [1.82, 2.24) is 5.32 Å². The number of methoxy groups -OCH3 is 1. The van der Waals surface area contributed by atoms with Crippen LogP contribution in [0.1, 0.15) is 22.8 Å². The second-order valence-electron chi connectivity index (χ2n) is 5.03. The molecule has 0 aliphatic rings. The van der Waals surface area contributed by atoms with E-state index >= 15 is 0 Å². The number of anilines is 1. The van der Waals surface area contributed by atoms with E-state index in [2.05, 4.69) is 31.3 Å². The summed E-state index contributed by atoms with van der Waals surface area (Å²) in [6.07, 6.45) is 0. The fourth-order valence-electron chi connectivity index (χ4n) is 1.57. The Balaban J connectivity index is 2.86. The number of nitrogens with one attached hydrogen (secondary N) is 2. The Morgan fingerprint density at radius 1 is 1.35 bits per heavy atom. The predicted molar refractivity (Wildman–Crippen MR) is 85.5 cm³/mol. The number of carboxylic acid groups (broad SMARTS) is 1. The molecule has 2 amide bonds. The van der Waals surface area contributed by atoms with E-state index in [0.29, 0.717) is 15.7 Å². The maximum atomic E-state index is 11.8. The Morgan fingerprint density at radius 3 is 2.48 bits per heavy atom. The minimum absolute atomic E-state index is 0.228. The number of halogens is 1. The number of benzene rings is 1. The van der Waals surface area contributed by atoms with Crippen molar-refractivity contribution < 1.29 is 29.3 Å². The molecular formula is C14H17BrN2O6. The summed E-state index contributed by atoms with van der Waals surface area (Å²) in [6.45, 7) is 2.30. The van der Waals surface area contributed by atoms with Crippen LogP contribution in [0, 0.1) is 6.92 Å². The third-order valence-electron chi connectivity index (χ3n) is 3.02. The molecular weight excluding hydrogens is 372 g/mol. The Kier molecular flexibility index (Phi) is 6.11. The molecule has 23 heavy (non-hydrogen) atoms. The van der Waals surface area contributed by atoms with Crippen LogP contribution in [0.5, 0.6) is 0 Å². The zero-order chi connectivity index (χ0) is 17.8. The Labute approximate surface area is 141 Å². The number of aliphatic carboxylic acids is 1. The molecule has 0 fully saturated rings. The van der Waals surface area contributed by atoms with Gasteiger partial charge in [0.05, 0.1) is 19.2 Å². The van der Waals surface area contributed by atoms with Crippen LogP contribution in [-0.2, 0) is 9.53 Å². The number of aryl methyl sites for hydroxylation is 1. The number of carbonyl (C=O) groups is 3. The Morgan fingerprint density at radius 2 is 1.96 bits per heavy atom. The zero-order valence-electron chi connectivity index (χ0n) is 12.8. The van der Waals surface area contributed by atoms with Crippen LogP contribution in [0.25, 0.3) is 0 Å². The first kappa shape index (κ1) is 18.9. The van der Waals surface area contributed by atoms with Gasteiger partial charge in [-0.15, -0.1) is 0 Å². The van der Waals surface area contributed by atoms with Crippen molar-refractivity contribution in [2.45, 2.75) is 19.4 Å². The van der Waals surface area contributed by atoms with E-state index in [0.717, 1.165) is 6.92 Å². The topological polar surface area (TPSA) is 125 Å². The molecule has 8 nitrogen and oxygen atoms in total. The van der Waals surface area contributed by atoms with Crippen molar-refractivity contribution in [2.24, 2.45) is 0 Å². The van der Waals surface area contributed by atoms with Gasteiger partial charge in [-0.2, -0.15) is 0 Å². The van der Waals surface area contributed by atoms with Crippen LogP contribution in [0.3, 0.4) is 0 Å². The van der Waals surface area contributed by atoms with Crippen LogP contribution in [-0.4, -0.2) is 47.4 Å². The number of esters is 1. The Hall–Kier alpha value is -2.13. The molecule has 126 valence electrons. The molecule has 0 saturated carbocycles. The fraction of sp³-hybridized carbons (Fsp3) is 0.357. The number of hydrogen-bond acceptors (Lipinski definition) is 5. The summed E-state index contributed by atoms with van der Waals surface area (Å²) in [5, 5.41) is 23.0. The number of rotatable bonds is 5. The molecule has 1 aromatic rings. The van der Waals surface area contributed by atoms with Gasteiger partial charge in [0.2, 0.25) is 0 Å². The number of carboxylic acids is 1. The van der Waals surface area contributed by atoms with Crippen molar-refractivity contribution in [3.63, 3.8) is 0 Å². The largest absolute Gasteiger partial charge is 0.479 e. The van der Waals surface area contributed by atoms with Gasteiger partial charge in [0.25, 0.3) is 0 Å². The second-order valence-corrected chi connectivity index (χ2v) is 5.88. The lowest BCUT2D eigenvalue weighted by Gasteiger charge is -2.19. The van der Waals surface area contributed by atoms with Crippen molar-refractivity contribution in [3.05, 3.63) is 27.7 Å². The van der Waals surface area contributed by atoms with Crippen LogP contribution in [0.2, 0.25) is 0 Å². The third kappa shape index (κ3) is 4.93. The van der Waals surface area contributed by atoms with Crippen molar-refractivity contribution in [1.29, 1.82) is 0 Å². The number of aliphatic hydroxyl groups is 1. The van der Waals surface area contributed by atoms with E-state index in [1.807, 2.05) is 0 Å². The molecule has 1 aromatic carbocycles. The van der Waals surface area contributed by atoms with E-state index in [4.69, 9.17) is 5.11 Å². The molecule has 0 aliphatic carbocycles. The lowest BCUT2D eigenvalue weighted by atomic mass is 10.1. The highest BCUT2D eigenvalue weighted by Gasteiger charge is 2.30. The number of carbonyl (C=O) groups excluding carboxylic acids is 2. The summed E-state index contributed by atoms with van der Waals surface area (Å²) in [5.41, 5.74) is -0.833. The van der Waals surface area contributed by atoms with Gasteiger partial charge in [-0.25, -0.2) is 14.4 Å². The monoisotopic (exact) mass is 388 g/mol. The first-order valence-electron chi connectivity index (χ1n) is 6.47. The van der Waals surface area contributed by atoms with Crippen molar-refractivity contribution in [2.75, 3.05) is 19.0 Å². The minimum Gasteiger partial charge on any atom is -0.479 e. The second kappa shape index (κ2) is 7.42. The number of ether oxygens (including phenoxy) is 1. The minimum atomic E-state index is -2.08. The van der Waals surface area contributed by atoms with E-state index in [-0.39, 0.29) is 5.56 Å². The fourth-order valence-corrected chi connectivity index (χ4v) is 2.19. The lowest BCUT2D eigenvalue weighted by molar-refractivity contribution is -0.155. The lowest BCUT2D eigenvalue weighted by Crippen LogP contribution is -2.47. The molecule has 0 aliphatic heterocycles. The van der Waals surface area contributed by atoms with Gasteiger partial charge in [0.1, 0.15) is 0 Å². The van der Waals surface area contributed by atoms with Gasteiger partial charge in [-0.3, -0.25) is 0 Å². The summed E-state index contributed by atoms with van der Waals surface area (Å²) in [5.74, 6) is -2.03. The van der Waals surface area contributed by atoms with Crippen LogP contribution in [0.4, 0.5) is 10.5 Å². The molecule has 1 atom stereocenters. The molecule has 0 aromatic heterocycles. The van der Waals surface area contributed by atoms with Crippen molar-refractivity contribution >= 4 is 39.6 Å². The third-order valence-corrected chi connectivity index (χ3v) is 3.68. The van der Waals surface area contributed by atoms with Crippen LogP contribution >= 0.6 is 15.9 Å². The summed E-state index contributed by atoms with van der Waals surface area (Å²) in [7, 11) is 1.24. The molecule has 0 saturated heterocycles. The average Bonchev–Trinajstić information content (AvgIpc) is 2.47. The first-order valence-corrected chi connectivity index (χ1v) is 7.27. The highest BCUT2D eigenvalue weighted by atomic mass is 79.9. The SMILES string of the molecule is COC(=O)c1cc(NC(=O)NCC(C)(O)C(=O)O)c(C)cc1Br. The molecule has 9 heteroatoms. The first-order chi connectivity index (χ1) is 10.6. The summed E-state index contributed by atoms with van der Waals surface area (Å²) in [6, 6.07) is 2.35. The smallest absolute Gasteiger partial charge is 0.339 e. The normalized spacial score (nSPS) is 12.9. The number of hydrogen-bond donors (Lipinski definition) is 4. The molecule has 0 heterocycles. The molecule has 1 rings (SSSR count). The maximum absolute atomic E-state index is 11.8. The summed E-state index contributed by atoms with van der Waals surface area (Å²) >= 11 is 3.23. The van der Waals surface area contributed by atoms with E-state index in [9.17, 15) is 19.5 Å². The highest BCUT2D eigenvalue weighted by Crippen LogP contribution is 2.26. The molecule has 0 bridgehead atoms. The summed E-state index contributed by atoms with van der Waals surface area (Å²) in [4.78, 5) is 34.2. The van der Waals surface area contributed by atoms with E-state index < -0.39 is 30.1 Å². The van der Waals surface area contributed by atoms with Gasteiger partial charge in [0, 0.05) is 10.2 Å². The highest BCUT2D eigenvalue weighted by molar-refractivity contribution is 9.10. The standard InChI is InChI=1S/C14H17BrN2O6/c1-7-4-9(15)8(11(18)23-3)5-10(7)17-13(21)16-6-14(2,22)12(19)20/h4-5,22H,6H2,1-3H3,(H,19,20)(H2,16,17,21). The predicted octanol–water partition coefficient (Wildman–Crippen LogP) is 1.50. The molecule has 1 unspecified atom stereocenters. The van der Waals surface area contributed by atoms with Crippen molar-refractivity contribution in [3.8, 4) is 0 Å². The van der Waals surface area contributed by atoms with E-state index in [1.54, 1.807) is 13.0 Å². The van der Waals surface area contributed by atoms with Crippen LogP contribution in [0.15, 0.2) is 16.6 Å². The van der Waals surface area contributed by atoms with Gasteiger partial charge in [0.15, 0.2) is 5.60 Å². The number of amides is 2. The average molecular weight is 389 g/mol.